The molecule has 0 aliphatic heterocycles. The third-order valence-electron chi connectivity index (χ3n) is 3.74. The molecule has 0 aliphatic carbocycles. The molecule has 0 unspecified atom stereocenters. The second kappa shape index (κ2) is 8.40. The van der Waals surface area contributed by atoms with Gasteiger partial charge in [-0.05, 0) is 38.6 Å². The molecule has 0 fully saturated rings. The van der Waals surface area contributed by atoms with Crippen molar-refractivity contribution in [2.75, 3.05) is 37.8 Å². The fraction of sp³-hybridized carbons (Fsp3) is 0.389. The Morgan fingerprint density at radius 1 is 1.25 bits per heavy atom. The van der Waals surface area contributed by atoms with Gasteiger partial charge in [0.05, 0.1) is 0 Å². The van der Waals surface area contributed by atoms with Crippen LogP contribution in [0.1, 0.15) is 28.5 Å². The minimum absolute atomic E-state index is 0.225. The molecule has 0 radical (unpaired) electrons. The van der Waals surface area contributed by atoms with E-state index in [-0.39, 0.29) is 5.91 Å². The SMILES string of the molecule is CCc1cccc(C)c1NC(=O)c1cc(NCCN(C)C)ncn1. The largest absolute Gasteiger partial charge is 0.369 e. The number of rotatable bonds is 7. The zero-order chi connectivity index (χ0) is 17.5. The van der Waals surface area contributed by atoms with Gasteiger partial charge in [-0.1, -0.05) is 25.1 Å². The van der Waals surface area contributed by atoms with Crippen molar-refractivity contribution in [1.29, 1.82) is 0 Å². The van der Waals surface area contributed by atoms with Crippen molar-refractivity contribution < 1.29 is 4.79 Å². The van der Waals surface area contributed by atoms with E-state index in [1.165, 1.54) is 6.33 Å². The van der Waals surface area contributed by atoms with E-state index < -0.39 is 0 Å². The Bertz CT molecular complexity index is 700. The zero-order valence-electron chi connectivity index (χ0n) is 14.8. The van der Waals surface area contributed by atoms with Crippen LogP contribution in [0.4, 0.5) is 11.5 Å². The summed E-state index contributed by atoms with van der Waals surface area (Å²) in [4.78, 5) is 22.9. The first-order valence-corrected chi connectivity index (χ1v) is 8.11. The minimum atomic E-state index is -0.225. The number of anilines is 2. The number of hydrogen-bond acceptors (Lipinski definition) is 5. The van der Waals surface area contributed by atoms with E-state index in [1.807, 2.05) is 39.2 Å². The van der Waals surface area contributed by atoms with E-state index in [0.29, 0.717) is 11.5 Å². The number of nitrogens with one attached hydrogen (secondary N) is 2. The molecule has 1 heterocycles. The Balaban J connectivity index is 2.10. The third-order valence-corrected chi connectivity index (χ3v) is 3.74. The predicted molar refractivity (Wildman–Crippen MR) is 97.6 cm³/mol. The van der Waals surface area contributed by atoms with Gasteiger partial charge in [0.15, 0.2) is 0 Å². The Kier molecular flexibility index (Phi) is 6.26. The lowest BCUT2D eigenvalue weighted by Gasteiger charge is -2.13. The molecule has 6 nitrogen and oxygen atoms in total. The summed E-state index contributed by atoms with van der Waals surface area (Å²) in [6.45, 7) is 5.70. The first-order chi connectivity index (χ1) is 11.5. The molecule has 0 saturated carbocycles. The van der Waals surface area contributed by atoms with E-state index in [2.05, 4.69) is 32.4 Å². The standard InChI is InChI=1S/C18H25N5O/c1-5-14-8-6-7-13(2)17(14)22-18(24)15-11-16(21-12-20-15)19-9-10-23(3)4/h6-8,11-12H,5,9-10H2,1-4H3,(H,22,24)(H,19,20,21). The van der Waals surface area contributed by atoms with Gasteiger partial charge in [-0.3, -0.25) is 4.79 Å². The van der Waals surface area contributed by atoms with Crippen molar-refractivity contribution in [3.8, 4) is 0 Å². The highest BCUT2D eigenvalue weighted by Gasteiger charge is 2.12. The molecular weight excluding hydrogens is 302 g/mol. The second-order valence-corrected chi connectivity index (χ2v) is 5.94. The fourth-order valence-corrected chi connectivity index (χ4v) is 2.37. The Labute approximate surface area is 143 Å². The van der Waals surface area contributed by atoms with E-state index >= 15 is 0 Å². The maximum Gasteiger partial charge on any atom is 0.274 e. The van der Waals surface area contributed by atoms with Gasteiger partial charge in [0.1, 0.15) is 17.8 Å². The van der Waals surface area contributed by atoms with E-state index in [9.17, 15) is 4.79 Å². The number of likely N-dealkylation sites (N-methyl/N-ethyl adjacent to an activating group) is 1. The number of benzene rings is 1. The summed E-state index contributed by atoms with van der Waals surface area (Å²) in [5.41, 5.74) is 3.37. The first-order valence-electron chi connectivity index (χ1n) is 8.11. The van der Waals surface area contributed by atoms with Crippen LogP contribution in [0.5, 0.6) is 0 Å². The minimum Gasteiger partial charge on any atom is -0.369 e. The van der Waals surface area contributed by atoms with Crippen LogP contribution < -0.4 is 10.6 Å². The van der Waals surface area contributed by atoms with E-state index in [1.54, 1.807) is 6.07 Å². The van der Waals surface area contributed by atoms with Gasteiger partial charge in [-0.25, -0.2) is 9.97 Å². The molecule has 6 heteroatoms. The maximum atomic E-state index is 12.5. The molecule has 0 atom stereocenters. The van der Waals surface area contributed by atoms with Crippen molar-refractivity contribution in [2.24, 2.45) is 0 Å². The summed E-state index contributed by atoms with van der Waals surface area (Å²) in [6.07, 6.45) is 2.27. The van der Waals surface area contributed by atoms with Crippen LogP contribution in [0.3, 0.4) is 0 Å². The lowest BCUT2D eigenvalue weighted by atomic mass is 10.1. The number of carbonyl (C=O) groups excluding carboxylic acids is 1. The molecular formula is C18H25N5O. The lowest BCUT2D eigenvalue weighted by Crippen LogP contribution is -2.21. The Hall–Kier alpha value is -2.47. The number of carbonyl (C=O) groups is 1. The summed E-state index contributed by atoms with van der Waals surface area (Å²) < 4.78 is 0. The van der Waals surface area contributed by atoms with Gasteiger partial charge >= 0.3 is 0 Å². The highest BCUT2D eigenvalue weighted by atomic mass is 16.1. The smallest absolute Gasteiger partial charge is 0.274 e. The summed E-state index contributed by atoms with van der Waals surface area (Å²) in [5, 5.41) is 6.18. The van der Waals surface area contributed by atoms with Crippen LogP contribution in [0.15, 0.2) is 30.6 Å². The van der Waals surface area contributed by atoms with Gasteiger partial charge in [-0.15, -0.1) is 0 Å². The molecule has 1 amide bonds. The zero-order valence-corrected chi connectivity index (χ0v) is 14.8. The van der Waals surface area contributed by atoms with Crippen LogP contribution >= 0.6 is 0 Å². The average molecular weight is 327 g/mol. The highest BCUT2D eigenvalue weighted by Crippen LogP contribution is 2.21. The molecule has 1 aromatic carbocycles. The highest BCUT2D eigenvalue weighted by molar-refractivity contribution is 6.04. The maximum absolute atomic E-state index is 12.5. The Morgan fingerprint density at radius 3 is 2.75 bits per heavy atom. The Morgan fingerprint density at radius 2 is 2.04 bits per heavy atom. The summed E-state index contributed by atoms with van der Waals surface area (Å²) >= 11 is 0. The lowest BCUT2D eigenvalue weighted by molar-refractivity contribution is 0.102. The molecule has 2 aromatic rings. The normalized spacial score (nSPS) is 10.7. The predicted octanol–water partition coefficient (Wildman–Crippen LogP) is 2.57. The second-order valence-electron chi connectivity index (χ2n) is 5.94. The van der Waals surface area contributed by atoms with Gasteiger partial charge in [0.2, 0.25) is 0 Å². The van der Waals surface area contributed by atoms with Crippen LogP contribution in [0.2, 0.25) is 0 Å². The number of aromatic nitrogens is 2. The number of amides is 1. The van der Waals surface area contributed by atoms with Gasteiger partial charge in [0.25, 0.3) is 5.91 Å². The molecule has 0 bridgehead atoms. The average Bonchev–Trinajstić information content (AvgIpc) is 2.56. The van der Waals surface area contributed by atoms with Crippen molar-refractivity contribution >= 4 is 17.4 Å². The number of hydrogen-bond donors (Lipinski definition) is 2. The molecule has 0 spiro atoms. The monoisotopic (exact) mass is 327 g/mol. The summed E-state index contributed by atoms with van der Waals surface area (Å²) in [6, 6.07) is 7.69. The van der Waals surface area contributed by atoms with Crippen LogP contribution in [0, 0.1) is 6.92 Å². The van der Waals surface area contributed by atoms with Crippen molar-refractivity contribution in [3.63, 3.8) is 0 Å². The number of nitrogens with zero attached hydrogens (tertiary/aromatic N) is 3. The van der Waals surface area contributed by atoms with Crippen LogP contribution in [-0.2, 0) is 6.42 Å². The van der Waals surface area contributed by atoms with Crippen LogP contribution in [-0.4, -0.2) is 48.0 Å². The van der Waals surface area contributed by atoms with E-state index in [4.69, 9.17) is 0 Å². The molecule has 0 aliphatic rings. The summed E-state index contributed by atoms with van der Waals surface area (Å²) in [5.74, 6) is 0.426. The number of aryl methyl sites for hydroxylation is 2. The van der Waals surface area contributed by atoms with Crippen molar-refractivity contribution in [3.05, 3.63) is 47.4 Å². The first kappa shape index (κ1) is 17.9. The quantitative estimate of drug-likeness (QED) is 0.818. The molecule has 2 rings (SSSR count). The third kappa shape index (κ3) is 4.76. The molecule has 2 N–H and O–H groups in total. The van der Waals surface area contributed by atoms with Gasteiger partial charge in [-0.2, -0.15) is 0 Å². The molecule has 0 saturated heterocycles. The molecule has 24 heavy (non-hydrogen) atoms. The van der Waals surface area contributed by atoms with Crippen molar-refractivity contribution in [1.82, 2.24) is 14.9 Å². The van der Waals surface area contributed by atoms with Gasteiger partial charge < -0.3 is 15.5 Å². The van der Waals surface area contributed by atoms with E-state index in [0.717, 1.165) is 36.3 Å². The topological polar surface area (TPSA) is 70.2 Å². The van der Waals surface area contributed by atoms with Crippen LogP contribution in [0.25, 0.3) is 0 Å². The number of para-hydroxylation sites is 1. The van der Waals surface area contributed by atoms with Crippen molar-refractivity contribution in [2.45, 2.75) is 20.3 Å². The fourth-order valence-electron chi connectivity index (χ4n) is 2.37. The summed E-state index contributed by atoms with van der Waals surface area (Å²) in [7, 11) is 4.02. The molecule has 128 valence electrons. The van der Waals surface area contributed by atoms with Gasteiger partial charge in [0, 0.05) is 24.8 Å². The molecule has 1 aromatic heterocycles.